The fourth-order valence-corrected chi connectivity index (χ4v) is 3.98. The van der Waals surface area contributed by atoms with Crippen LogP contribution in [0.4, 0.5) is 0 Å². The normalized spacial score (nSPS) is 16.6. The van der Waals surface area contributed by atoms with Crippen LogP contribution >= 0.6 is 0 Å². The second kappa shape index (κ2) is 9.51. The summed E-state index contributed by atoms with van der Waals surface area (Å²) in [6, 6.07) is 5.40. The Morgan fingerprint density at radius 2 is 1.83 bits per heavy atom. The van der Waals surface area contributed by atoms with Crippen LogP contribution in [0.2, 0.25) is 0 Å². The van der Waals surface area contributed by atoms with Gasteiger partial charge >= 0.3 is 5.97 Å². The molecule has 1 heterocycles. The van der Waals surface area contributed by atoms with Gasteiger partial charge in [0.25, 0.3) is 15.9 Å². The van der Waals surface area contributed by atoms with E-state index < -0.39 is 28.6 Å². The minimum atomic E-state index is -3.71. The van der Waals surface area contributed by atoms with Crippen LogP contribution in [0.1, 0.15) is 19.4 Å². The van der Waals surface area contributed by atoms with Gasteiger partial charge in [0.1, 0.15) is 5.84 Å². The molecule has 9 heteroatoms. The first kappa shape index (κ1) is 22.4. The Hall–Kier alpha value is -2.94. The van der Waals surface area contributed by atoms with Crippen molar-refractivity contribution in [2.45, 2.75) is 24.8 Å². The molecule has 0 fully saturated rings. The lowest BCUT2D eigenvalue weighted by Gasteiger charge is -2.20. The summed E-state index contributed by atoms with van der Waals surface area (Å²) < 4.78 is 32.0. The number of hydrogen-bond donors (Lipinski definition) is 1. The van der Waals surface area contributed by atoms with Crippen LogP contribution in [0.5, 0.6) is 0 Å². The summed E-state index contributed by atoms with van der Waals surface area (Å²) in [7, 11) is -3.71. The maximum Gasteiger partial charge on any atom is 0.331 e. The third kappa shape index (κ3) is 5.32. The molecule has 1 aromatic rings. The number of aliphatic imine (C=N–C) groups is 1. The van der Waals surface area contributed by atoms with Crippen LogP contribution in [-0.2, 0) is 24.3 Å². The zero-order valence-corrected chi connectivity index (χ0v) is 17.3. The highest BCUT2D eigenvalue weighted by Gasteiger charge is 2.33. The Morgan fingerprint density at radius 3 is 2.41 bits per heavy atom. The topological polar surface area (TPSA) is 105 Å². The summed E-state index contributed by atoms with van der Waals surface area (Å²) in [6.07, 6.45) is 3.13. The van der Waals surface area contributed by atoms with E-state index in [2.05, 4.69) is 22.9 Å². The lowest BCUT2D eigenvalue weighted by molar-refractivity contribution is -0.153. The van der Waals surface area contributed by atoms with Gasteiger partial charge in [0.2, 0.25) is 0 Å². The molecule has 1 N–H and O–H groups in total. The molecule has 0 spiro atoms. The van der Waals surface area contributed by atoms with Gasteiger partial charge in [-0.05, 0) is 18.1 Å². The first-order chi connectivity index (χ1) is 13.7. The summed E-state index contributed by atoms with van der Waals surface area (Å²) in [4.78, 5) is 30.7. The van der Waals surface area contributed by atoms with E-state index in [0.717, 1.165) is 0 Å². The monoisotopic (exact) mass is 419 g/mol. The molecule has 8 nitrogen and oxygen atoms in total. The maximum absolute atomic E-state index is 12.6. The standard InChI is InChI=1S/C20H25N3O5S/c1-5-11-23(12-6-2)17(24)13-28-20(25)18(14(3)4)21-19-15-9-7-8-10-16(15)29(26,27)22-19/h5-10,14,18H,1-2,11-13H2,3-4H3,(H,21,22)/t18-/m0/s1. The van der Waals surface area contributed by atoms with Gasteiger partial charge < -0.3 is 9.64 Å². The summed E-state index contributed by atoms with van der Waals surface area (Å²) in [5.41, 5.74) is 0.394. The largest absolute Gasteiger partial charge is 0.454 e. The first-order valence-corrected chi connectivity index (χ1v) is 10.6. The Kier molecular flexibility index (Phi) is 7.33. The zero-order valence-electron chi connectivity index (χ0n) is 16.5. The molecule has 1 aliphatic rings. The van der Waals surface area contributed by atoms with Gasteiger partial charge in [0.05, 0.1) is 4.90 Å². The Balaban J connectivity index is 2.17. The number of fused-ring (bicyclic) bond motifs is 1. The predicted molar refractivity (Wildman–Crippen MR) is 110 cm³/mol. The quantitative estimate of drug-likeness (QED) is 0.482. The number of hydrogen-bond acceptors (Lipinski definition) is 6. The molecule has 0 saturated carbocycles. The Morgan fingerprint density at radius 1 is 1.21 bits per heavy atom. The van der Waals surface area contributed by atoms with Gasteiger partial charge in [-0.2, -0.15) is 0 Å². The minimum Gasteiger partial charge on any atom is -0.454 e. The van der Waals surface area contributed by atoms with Crippen LogP contribution < -0.4 is 4.72 Å². The van der Waals surface area contributed by atoms with Crippen LogP contribution in [0.25, 0.3) is 0 Å². The van der Waals surface area contributed by atoms with E-state index in [-0.39, 0.29) is 22.6 Å². The van der Waals surface area contributed by atoms with Gasteiger partial charge in [0.15, 0.2) is 12.6 Å². The lowest BCUT2D eigenvalue weighted by atomic mass is 10.1. The molecule has 1 amide bonds. The van der Waals surface area contributed by atoms with Gasteiger partial charge in [-0.25, -0.2) is 13.2 Å². The average molecular weight is 420 g/mol. The summed E-state index contributed by atoms with van der Waals surface area (Å²) >= 11 is 0. The summed E-state index contributed by atoms with van der Waals surface area (Å²) in [5, 5.41) is 0. The SMILES string of the molecule is C=CCN(CC=C)C(=O)COC(=O)[C@@H](N=C1NS(=O)(=O)c2ccccc21)C(C)C. The molecule has 0 radical (unpaired) electrons. The highest BCUT2D eigenvalue weighted by Crippen LogP contribution is 2.23. The third-order valence-electron chi connectivity index (χ3n) is 4.19. The van der Waals surface area contributed by atoms with E-state index in [1.54, 1.807) is 44.2 Å². The van der Waals surface area contributed by atoms with Gasteiger partial charge in [-0.3, -0.25) is 14.5 Å². The number of benzene rings is 1. The zero-order chi connectivity index (χ0) is 21.6. The molecule has 0 aliphatic carbocycles. The van der Waals surface area contributed by atoms with Gasteiger partial charge in [-0.15, -0.1) is 13.2 Å². The number of nitrogens with zero attached hydrogens (tertiary/aromatic N) is 2. The number of ether oxygens (including phenoxy) is 1. The van der Waals surface area contributed by atoms with E-state index in [4.69, 9.17) is 4.74 Å². The summed E-state index contributed by atoms with van der Waals surface area (Å²) in [5.74, 6) is -1.29. The molecule has 0 saturated heterocycles. The summed E-state index contributed by atoms with van der Waals surface area (Å²) in [6.45, 7) is 10.9. The maximum atomic E-state index is 12.6. The van der Waals surface area contributed by atoms with Crippen molar-refractivity contribution in [3.05, 3.63) is 55.1 Å². The molecule has 156 valence electrons. The van der Waals surface area contributed by atoms with Crippen molar-refractivity contribution in [3.8, 4) is 0 Å². The highest BCUT2D eigenvalue weighted by molar-refractivity contribution is 7.90. The predicted octanol–water partition coefficient (Wildman–Crippen LogP) is 1.49. The number of amidine groups is 1. The molecule has 2 rings (SSSR count). The fraction of sp³-hybridized carbons (Fsp3) is 0.350. The number of carbonyl (C=O) groups is 2. The molecular formula is C20H25N3O5S. The number of nitrogens with one attached hydrogen (secondary N) is 1. The highest BCUT2D eigenvalue weighted by atomic mass is 32.2. The average Bonchev–Trinajstić information content (AvgIpc) is 2.94. The molecular weight excluding hydrogens is 394 g/mol. The fourth-order valence-electron chi connectivity index (χ4n) is 2.74. The molecule has 0 aromatic heterocycles. The van der Waals surface area contributed by atoms with Crippen molar-refractivity contribution in [1.29, 1.82) is 0 Å². The van der Waals surface area contributed by atoms with E-state index in [1.165, 1.54) is 11.0 Å². The van der Waals surface area contributed by atoms with Gasteiger partial charge in [-0.1, -0.05) is 38.1 Å². The van der Waals surface area contributed by atoms with E-state index in [0.29, 0.717) is 18.7 Å². The first-order valence-electron chi connectivity index (χ1n) is 9.07. The molecule has 0 unspecified atom stereocenters. The number of sulfonamides is 1. The second-order valence-corrected chi connectivity index (χ2v) is 8.40. The number of amides is 1. The van der Waals surface area contributed by atoms with Crippen molar-refractivity contribution < 1.29 is 22.7 Å². The van der Waals surface area contributed by atoms with E-state index in [1.807, 2.05) is 0 Å². The number of esters is 1. The minimum absolute atomic E-state index is 0.0857. The Bertz CT molecular complexity index is 927. The molecule has 1 aromatic carbocycles. The van der Waals surface area contributed by atoms with Crippen LogP contribution in [0.3, 0.4) is 0 Å². The third-order valence-corrected chi connectivity index (χ3v) is 5.59. The van der Waals surface area contributed by atoms with Crippen LogP contribution in [0.15, 0.2) is 59.5 Å². The smallest absolute Gasteiger partial charge is 0.331 e. The Labute approximate surface area is 171 Å². The number of carbonyl (C=O) groups excluding carboxylic acids is 2. The van der Waals surface area contributed by atoms with Crippen molar-refractivity contribution in [2.24, 2.45) is 10.9 Å². The van der Waals surface area contributed by atoms with Crippen molar-refractivity contribution in [2.75, 3.05) is 19.7 Å². The van der Waals surface area contributed by atoms with Crippen LogP contribution in [-0.4, -0.2) is 56.8 Å². The molecule has 0 bridgehead atoms. The van der Waals surface area contributed by atoms with Gasteiger partial charge in [0, 0.05) is 18.7 Å². The van der Waals surface area contributed by atoms with Crippen molar-refractivity contribution >= 4 is 27.7 Å². The number of rotatable bonds is 9. The van der Waals surface area contributed by atoms with Crippen LogP contribution in [0, 0.1) is 5.92 Å². The molecule has 1 atom stereocenters. The molecule has 29 heavy (non-hydrogen) atoms. The van der Waals surface area contributed by atoms with Crippen molar-refractivity contribution in [1.82, 2.24) is 9.62 Å². The molecule has 1 aliphatic heterocycles. The van der Waals surface area contributed by atoms with E-state index >= 15 is 0 Å². The lowest BCUT2D eigenvalue weighted by Crippen LogP contribution is -2.37. The van der Waals surface area contributed by atoms with Crippen molar-refractivity contribution in [3.63, 3.8) is 0 Å². The second-order valence-electron chi connectivity index (χ2n) is 6.75. The van der Waals surface area contributed by atoms with E-state index in [9.17, 15) is 18.0 Å².